The molecule has 0 aromatic heterocycles. The van der Waals surface area contributed by atoms with E-state index in [4.69, 9.17) is 4.74 Å². The Morgan fingerprint density at radius 1 is 1.35 bits per heavy atom. The maximum atomic E-state index is 12.1. The minimum Gasteiger partial charge on any atom is -0.385 e. The van der Waals surface area contributed by atoms with Crippen molar-refractivity contribution >= 4 is 5.91 Å². The molecule has 118 valence electrons. The molecule has 0 aromatic rings. The van der Waals surface area contributed by atoms with Crippen LogP contribution in [0.3, 0.4) is 0 Å². The van der Waals surface area contributed by atoms with Crippen molar-refractivity contribution in [2.45, 2.75) is 57.2 Å². The second kappa shape index (κ2) is 9.32. The Kier molecular flexibility index (Phi) is 8.11. The maximum Gasteiger partial charge on any atom is 0.237 e. The highest BCUT2D eigenvalue weighted by Crippen LogP contribution is 2.23. The molecule has 0 heterocycles. The van der Waals surface area contributed by atoms with Gasteiger partial charge in [-0.15, -0.1) is 0 Å². The number of hydrogen-bond acceptors (Lipinski definition) is 4. The SMILES string of the molecule is CNC1CCC(N(C)C(C)C(=O)NCCCOC)CC1. The van der Waals surface area contributed by atoms with E-state index in [1.165, 1.54) is 25.7 Å². The van der Waals surface area contributed by atoms with E-state index in [1.54, 1.807) is 7.11 Å². The Morgan fingerprint density at radius 3 is 2.55 bits per heavy atom. The van der Waals surface area contributed by atoms with E-state index >= 15 is 0 Å². The smallest absolute Gasteiger partial charge is 0.237 e. The van der Waals surface area contributed by atoms with Gasteiger partial charge in [0.1, 0.15) is 0 Å². The van der Waals surface area contributed by atoms with Crippen LogP contribution in [0.15, 0.2) is 0 Å². The van der Waals surface area contributed by atoms with Gasteiger partial charge in [-0.1, -0.05) is 0 Å². The highest BCUT2D eigenvalue weighted by Gasteiger charge is 2.28. The van der Waals surface area contributed by atoms with Crippen molar-refractivity contribution in [2.24, 2.45) is 0 Å². The number of carbonyl (C=O) groups excluding carboxylic acids is 1. The molecular weight excluding hydrogens is 254 g/mol. The summed E-state index contributed by atoms with van der Waals surface area (Å²) in [6.07, 6.45) is 5.61. The van der Waals surface area contributed by atoms with E-state index in [0.29, 0.717) is 25.2 Å². The third-order valence-corrected chi connectivity index (χ3v) is 4.50. The van der Waals surface area contributed by atoms with E-state index < -0.39 is 0 Å². The third kappa shape index (κ3) is 5.38. The number of amides is 1. The Labute approximate surface area is 123 Å². The standard InChI is InChI=1S/C15H31N3O2/c1-12(15(19)17-10-5-11-20-4)18(3)14-8-6-13(16-2)7-9-14/h12-14,16H,5-11H2,1-4H3,(H,17,19). The van der Waals surface area contributed by atoms with Crippen LogP contribution in [0.25, 0.3) is 0 Å². The van der Waals surface area contributed by atoms with E-state index in [1.807, 2.05) is 14.0 Å². The summed E-state index contributed by atoms with van der Waals surface area (Å²) in [6, 6.07) is 1.12. The molecule has 0 saturated heterocycles. The lowest BCUT2D eigenvalue weighted by atomic mass is 9.90. The lowest BCUT2D eigenvalue weighted by Gasteiger charge is -2.37. The summed E-state index contributed by atoms with van der Waals surface area (Å²) in [5, 5.41) is 6.33. The molecule has 5 heteroatoms. The molecule has 2 N–H and O–H groups in total. The van der Waals surface area contributed by atoms with Crippen molar-refractivity contribution in [2.75, 3.05) is 34.4 Å². The van der Waals surface area contributed by atoms with Crippen molar-refractivity contribution < 1.29 is 9.53 Å². The number of ether oxygens (including phenoxy) is 1. The van der Waals surface area contributed by atoms with Gasteiger partial charge in [0.2, 0.25) is 5.91 Å². The zero-order valence-electron chi connectivity index (χ0n) is 13.4. The number of likely N-dealkylation sites (N-methyl/N-ethyl adjacent to an activating group) is 1. The number of hydrogen-bond donors (Lipinski definition) is 2. The van der Waals surface area contributed by atoms with Crippen LogP contribution < -0.4 is 10.6 Å². The van der Waals surface area contributed by atoms with Crippen LogP contribution in [-0.4, -0.2) is 63.3 Å². The van der Waals surface area contributed by atoms with Gasteiger partial charge in [0.25, 0.3) is 0 Å². The van der Waals surface area contributed by atoms with Gasteiger partial charge in [-0.25, -0.2) is 0 Å². The molecule has 0 aromatic carbocycles. The molecule has 1 fully saturated rings. The molecule has 1 aliphatic rings. The quantitative estimate of drug-likeness (QED) is 0.653. The van der Waals surface area contributed by atoms with Gasteiger partial charge >= 0.3 is 0 Å². The molecule has 0 radical (unpaired) electrons. The predicted molar refractivity (Wildman–Crippen MR) is 81.8 cm³/mol. The van der Waals surface area contributed by atoms with Gasteiger partial charge in [0.05, 0.1) is 6.04 Å². The lowest BCUT2D eigenvalue weighted by Crippen LogP contribution is -2.49. The number of rotatable bonds is 8. The monoisotopic (exact) mass is 285 g/mol. The van der Waals surface area contributed by atoms with Gasteiger partial charge in [-0.05, 0) is 53.1 Å². The summed E-state index contributed by atoms with van der Waals surface area (Å²) in [4.78, 5) is 14.3. The first kappa shape index (κ1) is 17.4. The number of nitrogens with zero attached hydrogens (tertiary/aromatic N) is 1. The van der Waals surface area contributed by atoms with Crippen LogP contribution in [0, 0.1) is 0 Å². The van der Waals surface area contributed by atoms with Crippen LogP contribution in [0.1, 0.15) is 39.0 Å². The van der Waals surface area contributed by atoms with Crippen LogP contribution in [-0.2, 0) is 9.53 Å². The molecule has 1 amide bonds. The fraction of sp³-hybridized carbons (Fsp3) is 0.933. The highest BCUT2D eigenvalue weighted by molar-refractivity contribution is 5.81. The summed E-state index contributed by atoms with van der Waals surface area (Å²) in [5.74, 6) is 0.124. The zero-order valence-corrected chi connectivity index (χ0v) is 13.4. The minimum atomic E-state index is -0.0614. The molecule has 1 rings (SSSR count). The van der Waals surface area contributed by atoms with E-state index in [9.17, 15) is 4.79 Å². The third-order valence-electron chi connectivity index (χ3n) is 4.50. The molecule has 0 bridgehead atoms. The summed E-state index contributed by atoms with van der Waals surface area (Å²) >= 11 is 0. The fourth-order valence-corrected chi connectivity index (χ4v) is 2.85. The largest absolute Gasteiger partial charge is 0.385 e. The van der Waals surface area contributed by atoms with E-state index in [-0.39, 0.29) is 11.9 Å². The van der Waals surface area contributed by atoms with Crippen molar-refractivity contribution in [3.8, 4) is 0 Å². The van der Waals surface area contributed by atoms with E-state index in [0.717, 1.165) is 6.42 Å². The first-order chi connectivity index (χ1) is 9.60. The molecule has 5 nitrogen and oxygen atoms in total. The molecular formula is C15H31N3O2. The Balaban J connectivity index is 2.30. The highest BCUT2D eigenvalue weighted by atomic mass is 16.5. The van der Waals surface area contributed by atoms with Crippen LogP contribution in [0.2, 0.25) is 0 Å². The van der Waals surface area contributed by atoms with Crippen molar-refractivity contribution in [1.29, 1.82) is 0 Å². The molecule has 1 aliphatic carbocycles. The number of carbonyl (C=O) groups is 1. The van der Waals surface area contributed by atoms with Crippen LogP contribution >= 0.6 is 0 Å². The van der Waals surface area contributed by atoms with Crippen molar-refractivity contribution in [3.05, 3.63) is 0 Å². The predicted octanol–water partition coefficient (Wildman–Crippen LogP) is 0.990. The van der Waals surface area contributed by atoms with Crippen LogP contribution in [0.5, 0.6) is 0 Å². The Morgan fingerprint density at radius 2 is 2.00 bits per heavy atom. The van der Waals surface area contributed by atoms with Gasteiger partial charge in [-0.2, -0.15) is 0 Å². The minimum absolute atomic E-state index is 0.0614. The first-order valence-electron chi connectivity index (χ1n) is 7.76. The van der Waals surface area contributed by atoms with Gasteiger partial charge < -0.3 is 15.4 Å². The first-order valence-corrected chi connectivity index (χ1v) is 7.76. The molecule has 1 unspecified atom stereocenters. The maximum absolute atomic E-state index is 12.1. The molecule has 0 spiro atoms. The molecule has 1 saturated carbocycles. The Bertz CT molecular complexity index is 278. The molecule has 1 atom stereocenters. The van der Waals surface area contributed by atoms with Crippen LogP contribution in [0.4, 0.5) is 0 Å². The molecule has 0 aliphatic heterocycles. The Hall–Kier alpha value is -0.650. The lowest BCUT2D eigenvalue weighted by molar-refractivity contribution is -0.126. The summed E-state index contributed by atoms with van der Waals surface area (Å²) in [7, 11) is 5.79. The van der Waals surface area contributed by atoms with E-state index in [2.05, 4.69) is 22.6 Å². The average molecular weight is 285 g/mol. The van der Waals surface area contributed by atoms with Gasteiger partial charge in [-0.3, -0.25) is 9.69 Å². The fourth-order valence-electron chi connectivity index (χ4n) is 2.85. The average Bonchev–Trinajstić information content (AvgIpc) is 2.50. The van der Waals surface area contributed by atoms with Crippen molar-refractivity contribution in [3.63, 3.8) is 0 Å². The van der Waals surface area contributed by atoms with Crippen molar-refractivity contribution in [1.82, 2.24) is 15.5 Å². The summed E-state index contributed by atoms with van der Waals surface area (Å²) in [5.41, 5.74) is 0. The zero-order chi connectivity index (χ0) is 15.0. The number of nitrogens with one attached hydrogen (secondary N) is 2. The normalized spacial score (nSPS) is 24.6. The van der Waals surface area contributed by atoms with Gasteiger partial charge in [0, 0.05) is 32.3 Å². The van der Waals surface area contributed by atoms with Gasteiger partial charge in [0.15, 0.2) is 0 Å². The summed E-state index contributed by atoms with van der Waals surface area (Å²) < 4.78 is 4.98. The topological polar surface area (TPSA) is 53.6 Å². The number of methoxy groups -OCH3 is 1. The second-order valence-corrected chi connectivity index (χ2v) is 5.77. The second-order valence-electron chi connectivity index (χ2n) is 5.77. The molecule has 20 heavy (non-hydrogen) atoms. The summed E-state index contributed by atoms with van der Waals surface area (Å²) in [6.45, 7) is 3.38.